The Balaban J connectivity index is 1.73. The van der Waals surface area contributed by atoms with Gasteiger partial charge < -0.3 is 9.32 Å². The van der Waals surface area contributed by atoms with E-state index >= 15 is 0 Å². The number of carbonyl (C=O) groups is 2. The predicted molar refractivity (Wildman–Crippen MR) is 110 cm³/mol. The third-order valence-corrected chi connectivity index (χ3v) is 5.15. The molecule has 0 aliphatic carbocycles. The second kappa shape index (κ2) is 8.67. The summed E-state index contributed by atoms with van der Waals surface area (Å²) in [5.74, 6) is 0.434. The SMILES string of the molecule is CC(=O)N(c1ccccc1)c1nc(/C=C/C(=O)N(C)C(C)c2ccco2)cs1. The van der Waals surface area contributed by atoms with Crippen molar-refractivity contribution in [2.45, 2.75) is 19.9 Å². The Morgan fingerprint density at radius 2 is 1.93 bits per heavy atom. The minimum atomic E-state index is -0.176. The van der Waals surface area contributed by atoms with E-state index in [1.807, 2.05) is 48.7 Å². The molecule has 144 valence electrons. The number of furan rings is 1. The Morgan fingerprint density at radius 3 is 2.57 bits per heavy atom. The van der Waals surface area contributed by atoms with Crippen molar-refractivity contribution in [3.05, 3.63) is 71.6 Å². The minimum absolute atomic E-state index is 0.126. The van der Waals surface area contributed by atoms with Gasteiger partial charge >= 0.3 is 0 Å². The van der Waals surface area contributed by atoms with Crippen LogP contribution in [0.3, 0.4) is 0 Å². The lowest BCUT2D eigenvalue weighted by atomic mass is 10.2. The molecular weight excluding hydrogens is 374 g/mol. The normalized spacial score (nSPS) is 12.1. The van der Waals surface area contributed by atoms with Crippen LogP contribution in [-0.2, 0) is 9.59 Å². The fourth-order valence-electron chi connectivity index (χ4n) is 2.64. The number of thiazole rings is 1. The number of anilines is 2. The third kappa shape index (κ3) is 4.37. The molecule has 0 saturated carbocycles. The summed E-state index contributed by atoms with van der Waals surface area (Å²) in [5, 5.41) is 2.37. The smallest absolute Gasteiger partial charge is 0.246 e. The number of carbonyl (C=O) groups excluding carboxylic acids is 2. The molecule has 1 unspecified atom stereocenters. The first-order chi connectivity index (χ1) is 13.5. The van der Waals surface area contributed by atoms with Crippen LogP contribution in [0.4, 0.5) is 10.8 Å². The van der Waals surface area contributed by atoms with Crippen LogP contribution >= 0.6 is 11.3 Å². The van der Waals surface area contributed by atoms with Crippen molar-refractivity contribution < 1.29 is 14.0 Å². The van der Waals surface area contributed by atoms with E-state index in [-0.39, 0.29) is 17.9 Å². The van der Waals surface area contributed by atoms with Crippen molar-refractivity contribution in [3.63, 3.8) is 0 Å². The highest BCUT2D eigenvalue weighted by atomic mass is 32.1. The molecule has 0 aliphatic rings. The highest BCUT2D eigenvalue weighted by molar-refractivity contribution is 7.14. The first-order valence-electron chi connectivity index (χ1n) is 8.77. The Labute approximate surface area is 167 Å². The lowest BCUT2D eigenvalue weighted by molar-refractivity contribution is -0.126. The molecule has 0 fully saturated rings. The number of hydrogen-bond acceptors (Lipinski definition) is 5. The number of hydrogen-bond donors (Lipinski definition) is 0. The summed E-state index contributed by atoms with van der Waals surface area (Å²) in [6.07, 6.45) is 4.71. The van der Waals surface area contributed by atoms with Crippen LogP contribution in [0.15, 0.2) is 64.6 Å². The molecule has 1 aromatic carbocycles. The molecule has 0 spiro atoms. The zero-order chi connectivity index (χ0) is 20.1. The van der Waals surface area contributed by atoms with Gasteiger partial charge in [-0.25, -0.2) is 4.98 Å². The number of amides is 2. The van der Waals surface area contributed by atoms with Gasteiger partial charge in [-0.15, -0.1) is 11.3 Å². The standard InChI is InChI=1S/C21H21N3O3S/c1-15(19-10-7-13-27-19)23(3)20(26)12-11-17-14-28-21(22-17)24(16(2)25)18-8-5-4-6-9-18/h4-15H,1-3H3/b12-11+. The molecule has 0 saturated heterocycles. The van der Waals surface area contributed by atoms with Gasteiger partial charge in [-0.3, -0.25) is 14.5 Å². The van der Waals surface area contributed by atoms with Crippen molar-refractivity contribution in [1.29, 1.82) is 0 Å². The molecule has 2 amide bonds. The van der Waals surface area contributed by atoms with Gasteiger partial charge in [0.2, 0.25) is 11.8 Å². The second-order valence-electron chi connectivity index (χ2n) is 6.22. The third-order valence-electron chi connectivity index (χ3n) is 4.31. The molecule has 7 heteroatoms. The Morgan fingerprint density at radius 1 is 1.18 bits per heavy atom. The molecule has 3 rings (SSSR count). The zero-order valence-corrected chi connectivity index (χ0v) is 16.7. The van der Waals surface area contributed by atoms with E-state index in [4.69, 9.17) is 4.42 Å². The maximum atomic E-state index is 12.4. The molecule has 0 aliphatic heterocycles. The topological polar surface area (TPSA) is 66.7 Å². The molecule has 2 aromatic heterocycles. The molecule has 0 radical (unpaired) electrons. The summed E-state index contributed by atoms with van der Waals surface area (Å²) in [6.45, 7) is 3.40. The molecule has 1 atom stereocenters. The Hall–Kier alpha value is -3.19. The number of para-hydroxylation sites is 1. The largest absolute Gasteiger partial charge is 0.467 e. The molecule has 2 heterocycles. The lowest BCUT2D eigenvalue weighted by Gasteiger charge is -2.21. The monoisotopic (exact) mass is 395 g/mol. The van der Waals surface area contributed by atoms with Crippen LogP contribution in [-0.4, -0.2) is 28.7 Å². The van der Waals surface area contributed by atoms with Gasteiger partial charge in [0.15, 0.2) is 5.13 Å². The molecule has 28 heavy (non-hydrogen) atoms. The molecule has 3 aromatic rings. The molecule has 0 bridgehead atoms. The minimum Gasteiger partial charge on any atom is -0.467 e. The van der Waals surface area contributed by atoms with Crippen molar-refractivity contribution >= 4 is 40.0 Å². The molecule has 0 N–H and O–H groups in total. The highest BCUT2D eigenvalue weighted by Crippen LogP contribution is 2.29. The van der Waals surface area contributed by atoms with E-state index in [1.165, 1.54) is 24.3 Å². The number of benzene rings is 1. The quantitative estimate of drug-likeness (QED) is 0.570. The summed E-state index contributed by atoms with van der Waals surface area (Å²) in [5.41, 5.74) is 1.37. The van der Waals surface area contributed by atoms with Gasteiger partial charge in [0.25, 0.3) is 0 Å². The molecule has 6 nitrogen and oxygen atoms in total. The summed E-state index contributed by atoms with van der Waals surface area (Å²) in [4.78, 5) is 32.2. The van der Waals surface area contributed by atoms with Crippen LogP contribution in [0.2, 0.25) is 0 Å². The highest BCUT2D eigenvalue weighted by Gasteiger charge is 2.19. The average molecular weight is 395 g/mol. The van der Waals surface area contributed by atoms with E-state index in [2.05, 4.69) is 4.98 Å². The maximum absolute atomic E-state index is 12.4. The van der Waals surface area contributed by atoms with E-state index < -0.39 is 0 Å². The van der Waals surface area contributed by atoms with Crippen LogP contribution < -0.4 is 4.90 Å². The summed E-state index contributed by atoms with van der Waals surface area (Å²) < 4.78 is 5.36. The van der Waals surface area contributed by atoms with Crippen molar-refractivity contribution in [1.82, 2.24) is 9.88 Å². The van der Waals surface area contributed by atoms with E-state index in [0.29, 0.717) is 10.8 Å². The fraction of sp³-hybridized carbons (Fsp3) is 0.190. The number of aromatic nitrogens is 1. The Kier molecular flexibility index (Phi) is 6.06. The lowest BCUT2D eigenvalue weighted by Crippen LogP contribution is -2.27. The van der Waals surface area contributed by atoms with Gasteiger partial charge in [0.05, 0.1) is 23.7 Å². The van der Waals surface area contributed by atoms with Gasteiger partial charge in [-0.2, -0.15) is 0 Å². The van der Waals surface area contributed by atoms with Crippen molar-refractivity contribution in [3.8, 4) is 0 Å². The summed E-state index contributed by atoms with van der Waals surface area (Å²) in [7, 11) is 1.72. The number of rotatable bonds is 6. The Bertz CT molecular complexity index is 964. The van der Waals surface area contributed by atoms with E-state index in [9.17, 15) is 9.59 Å². The van der Waals surface area contributed by atoms with Crippen LogP contribution in [0.1, 0.15) is 31.3 Å². The van der Waals surface area contributed by atoms with Gasteiger partial charge in [0, 0.05) is 25.4 Å². The van der Waals surface area contributed by atoms with Gasteiger partial charge in [0.1, 0.15) is 5.76 Å². The fourth-order valence-corrected chi connectivity index (χ4v) is 3.50. The predicted octanol–water partition coefficient (Wildman–Crippen LogP) is 4.65. The van der Waals surface area contributed by atoms with Crippen LogP contribution in [0.5, 0.6) is 0 Å². The van der Waals surface area contributed by atoms with E-state index in [0.717, 1.165) is 11.4 Å². The number of nitrogens with zero attached hydrogens (tertiary/aromatic N) is 3. The van der Waals surface area contributed by atoms with E-state index in [1.54, 1.807) is 35.3 Å². The van der Waals surface area contributed by atoms with Crippen molar-refractivity contribution in [2.75, 3.05) is 11.9 Å². The first-order valence-corrected chi connectivity index (χ1v) is 9.65. The summed E-state index contributed by atoms with van der Waals surface area (Å²) in [6, 6.07) is 12.8. The zero-order valence-electron chi connectivity index (χ0n) is 15.9. The number of likely N-dealkylation sites (N-methyl/N-ethyl adjacent to an activating group) is 1. The summed E-state index contributed by atoms with van der Waals surface area (Å²) >= 11 is 1.35. The first kappa shape index (κ1) is 19.6. The molecular formula is C21H21N3O3S. The van der Waals surface area contributed by atoms with Gasteiger partial charge in [-0.05, 0) is 37.3 Å². The van der Waals surface area contributed by atoms with Gasteiger partial charge in [-0.1, -0.05) is 18.2 Å². The second-order valence-corrected chi connectivity index (χ2v) is 7.06. The maximum Gasteiger partial charge on any atom is 0.246 e. The average Bonchev–Trinajstić information content (AvgIpc) is 3.38. The van der Waals surface area contributed by atoms with Crippen LogP contribution in [0, 0.1) is 0 Å². The van der Waals surface area contributed by atoms with Crippen LogP contribution in [0.25, 0.3) is 6.08 Å². The van der Waals surface area contributed by atoms with Crippen molar-refractivity contribution in [2.24, 2.45) is 0 Å².